The number of aliphatic carboxylic acids is 1. The zero-order valence-corrected chi connectivity index (χ0v) is 21.6. The molecule has 0 saturated carbocycles. The summed E-state index contributed by atoms with van der Waals surface area (Å²) >= 11 is 0. The van der Waals surface area contributed by atoms with Gasteiger partial charge in [0.25, 0.3) is 0 Å². The maximum Gasteiger partial charge on any atom is 0.311 e. The van der Waals surface area contributed by atoms with Crippen LogP contribution in [-0.4, -0.2) is 16.1 Å². The van der Waals surface area contributed by atoms with Crippen molar-refractivity contribution in [1.29, 1.82) is 0 Å². The number of carboxylic acids is 1. The van der Waals surface area contributed by atoms with Crippen molar-refractivity contribution in [3.05, 3.63) is 88.0 Å². The Bertz CT molecular complexity index is 1100. The predicted molar refractivity (Wildman–Crippen MR) is 141 cm³/mol. The topological polar surface area (TPSA) is 76.2 Å². The van der Waals surface area contributed by atoms with E-state index in [1.807, 2.05) is 38.1 Å². The predicted octanol–water partition coefficient (Wildman–Crippen LogP) is 6.42. The lowest BCUT2D eigenvalue weighted by molar-refractivity contribution is -0.138. The third-order valence-corrected chi connectivity index (χ3v) is 5.76. The minimum atomic E-state index is -0.938. The largest absolute Gasteiger partial charge is 0.481 e. The monoisotopic (exact) mass is 506 g/mol. The third-order valence-electron chi connectivity index (χ3n) is 5.76. The van der Waals surface area contributed by atoms with Crippen molar-refractivity contribution in [2.24, 2.45) is 11.7 Å². The summed E-state index contributed by atoms with van der Waals surface area (Å²) in [6.07, 6.45) is 1.01. The molecule has 184 valence electrons. The van der Waals surface area contributed by atoms with Crippen molar-refractivity contribution < 1.29 is 14.3 Å². The van der Waals surface area contributed by atoms with E-state index in [1.165, 1.54) is 12.1 Å². The Kier molecular flexibility index (Phi) is 11.2. The van der Waals surface area contributed by atoms with Crippen molar-refractivity contribution in [1.82, 2.24) is 4.98 Å². The van der Waals surface area contributed by atoms with Crippen LogP contribution in [0, 0.1) is 25.6 Å². The van der Waals surface area contributed by atoms with Crippen LogP contribution in [0.4, 0.5) is 4.39 Å². The second-order valence-electron chi connectivity index (χ2n) is 8.80. The molecule has 4 nitrogen and oxygen atoms in total. The molecule has 0 amide bonds. The summed E-state index contributed by atoms with van der Waals surface area (Å²) < 4.78 is 13.4. The van der Waals surface area contributed by atoms with Crippen LogP contribution in [0.15, 0.2) is 48.5 Å². The van der Waals surface area contributed by atoms with E-state index in [9.17, 15) is 14.3 Å². The van der Waals surface area contributed by atoms with Crippen molar-refractivity contribution in [3.63, 3.8) is 0 Å². The van der Waals surface area contributed by atoms with Crippen LogP contribution in [0.5, 0.6) is 0 Å². The summed E-state index contributed by atoms with van der Waals surface area (Å²) in [5.74, 6) is -1.73. The van der Waals surface area contributed by atoms with Crippen LogP contribution in [0.2, 0.25) is 0 Å². The second-order valence-corrected chi connectivity index (χ2v) is 8.80. The number of carboxylic acid groups (broad SMARTS) is 1. The summed E-state index contributed by atoms with van der Waals surface area (Å²) in [5.41, 5.74) is 13.1. The lowest BCUT2D eigenvalue weighted by atomic mass is 9.82. The smallest absolute Gasteiger partial charge is 0.311 e. The first-order chi connectivity index (χ1) is 15.2. The van der Waals surface area contributed by atoms with Crippen LogP contribution in [0.1, 0.15) is 53.4 Å². The van der Waals surface area contributed by atoms with Gasteiger partial charge in [0.15, 0.2) is 0 Å². The maximum absolute atomic E-state index is 13.4. The van der Waals surface area contributed by atoms with Crippen LogP contribution >= 0.6 is 24.8 Å². The molecule has 3 rings (SSSR count). The molecule has 0 bridgehead atoms. The molecule has 3 aromatic rings. The molecule has 0 saturated heterocycles. The number of pyridine rings is 1. The molecule has 0 aliphatic rings. The van der Waals surface area contributed by atoms with E-state index < -0.39 is 11.9 Å². The van der Waals surface area contributed by atoms with E-state index in [0.29, 0.717) is 17.2 Å². The van der Waals surface area contributed by atoms with Crippen molar-refractivity contribution in [2.45, 2.75) is 53.0 Å². The third kappa shape index (κ3) is 6.78. The molecule has 0 fully saturated rings. The highest BCUT2D eigenvalue weighted by Crippen LogP contribution is 2.38. The Morgan fingerprint density at radius 1 is 1.00 bits per heavy atom. The molecule has 3 N–H and O–H groups in total. The molecule has 7 heteroatoms. The fraction of sp³-hybridized carbons (Fsp3) is 0.333. The summed E-state index contributed by atoms with van der Waals surface area (Å²) in [5, 5.41) is 10.2. The van der Waals surface area contributed by atoms with Crippen LogP contribution in [-0.2, 0) is 24.2 Å². The molecule has 1 unspecified atom stereocenters. The van der Waals surface area contributed by atoms with Gasteiger partial charge in [-0.3, -0.25) is 9.78 Å². The lowest BCUT2D eigenvalue weighted by Gasteiger charge is -2.25. The summed E-state index contributed by atoms with van der Waals surface area (Å²) in [7, 11) is 0. The molecule has 0 aliphatic carbocycles. The van der Waals surface area contributed by atoms with Crippen LogP contribution in [0.3, 0.4) is 0 Å². The fourth-order valence-corrected chi connectivity index (χ4v) is 4.24. The zero-order valence-electron chi connectivity index (χ0n) is 20.0. The Hall–Kier alpha value is -2.47. The van der Waals surface area contributed by atoms with E-state index in [2.05, 4.69) is 13.8 Å². The number of hydrogen-bond acceptors (Lipinski definition) is 3. The Balaban J connectivity index is 0.00000289. The quantitative estimate of drug-likeness (QED) is 0.369. The van der Waals surface area contributed by atoms with Gasteiger partial charge < -0.3 is 10.8 Å². The number of nitrogens with two attached hydrogens (primary N) is 1. The molecule has 0 spiro atoms. The highest BCUT2D eigenvalue weighted by Gasteiger charge is 2.29. The van der Waals surface area contributed by atoms with E-state index in [4.69, 9.17) is 10.7 Å². The molecule has 0 aliphatic heterocycles. The Morgan fingerprint density at radius 3 is 2.09 bits per heavy atom. The van der Waals surface area contributed by atoms with Gasteiger partial charge in [-0.1, -0.05) is 55.8 Å². The molecule has 34 heavy (non-hydrogen) atoms. The van der Waals surface area contributed by atoms with Gasteiger partial charge in [0.05, 0.1) is 5.92 Å². The molecular formula is C27H33Cl2FN2O2. The first-order valence-electron chi connectivity index (χ1n) is 11.0. The first kappa shape index (κ1) is 29.6. The van der Waals surface area contributed by atoms with Gasteiger partial charge in [0.1, 0.15) is 5.82 Å². The van der Waals surface area contributed by atoms with E-state index >= 15 is 0 Å². The van der Waals surface area contributed by atoms with E-state index in [0.717, 1.165) is 39.9 Å². The van der Waals surface area contributed by atoms with Crippen molar-refractivity contribution in [3.8, 4) is 11.1 Å². The van der Waals surface area contributed by atoms with Gasteiger partial charge in [-0.2, -0.15) is 0 Å². The van der Waals surface area contributed by atoms with Crippen LogP contribution in [0.25, 0.3) is 11.1 Å². The fourth-order valence-electron chi connectivity index (χ4n) is 4.24. The number of halogens is 3. The molecule has 2 aromatic carbocycles. The zero-order chi connectivity index (χ0) is 23.4. The number of hydrogen-bond donors (Lipinski definition) is 2. The summed E-state index contributed by atoms with van der Waals surface area (Å²) in [6, 6.07) is 14.1. The van der Waals surface area contributed by atoms with Gasteiger partial charge in [-0.25, -0.2) is 4.39 Å². The minimum Gasteiger partial charge on any atom is -0.481 e. The Labute approximate surface area is 213 Å². The first-order valence-corrected chi connectivity index (χ1v) is 11.0. The molecular weight excluding hydrogens is 474 g/mol. The Morgan fingerprint density at radius 2 is 1.59 bits per heavy atom. The minimum absolute atomic E-state index is 0. The summed E-state index contributed by atoms with van der Waals surface area (Å²) in [6.45, 7) is 8.42. The average Bonchev–Trinajstić information content (AvgIpc) is 2.73. The molecule has 1 heterocycles. The SMILES string of the molecule is Cc1ccc(-c2c(CN)c(CC(C)C)nc(C)c2C(Cc2ccc(F)cc2)C(=O)O)cc1.Cl.Cl. The van der Waals surface area contributed by atoms with Gasteiger partial charge in [0.2, 0.25) is 0 Å². The number of aryl methyl sites for hydroxylation is 2. The molecule has 1 aromatic heterocycles. The van der Waals surface area contributed by atoms with E-state index in [-0.39, 0.29) is 43.6 Å². The van der Waals surface area contributed by atoms with Crippen LogP contribution < -0.4 is 5.73 Å². The number of aromatic nitrogens is 1. The van der Waals surface area contributed by atoms with Gasteiger partial charge in [-0.05, 0) is 72.6 Å². The number of benzene rings is 2. The van der Waals surface area contributed by atoms with Gasteiger partial charge >= 0.3 is 5.97 Å². The van der Waals surface area contributed by atoms with E-state index in [1.54, 1.807) is 12.1 Å². The highest BCUT2D eigenvalue weighted by atomic mass is 35.5. The van der Waals surface area contributed by atoms with Gasteiger partial charge in [-0.15, -0.1) is 24.8 Å². The number of rotatable bonds is 8. The van der Waals surface area contributed by atoms with Gasteiger partial charge in [0, 0.05) is 17.9 Å². The number of carbonyl (C=O) groups is 1. The maximum atomic E-state index is 13.4. The summed E-state index contributed by atoms with van der Waals surface area (Å²) in [4.78, 5) is 17.3. The highest BCUT2D eigenvalue weighted by molar-refractivity contribution is 5.86. The van der Waals surface area contributed by atoms with Crippen molar-refractivity contribution >= 4 is 30.8 Å². The standard InChI is InChI=1S/C27H31FN2O2.2ClH/c1-16(2)13-24-23(15-29)26(20-9-5-17(3)6-10-20)25(18(4)30-24)22(27(31)32)14-19-7-11-21(28)12-8-19;;/h5-12,16,22H,13-15,29H2,1-4H3,(H,31,32);2*1H. The van der Waals surface area contributed by atoms with Crippen molar-refractivity contribution in [2.75, 3.05) is 0 Å². The lowest BCUT2D eigenvalue weighted by Crippen LogP contribution is -2.21. The second kappa shape index (κ2) is 12.8. The molecule has 0 radical (unpaired) electrons. The normalized spacial score (nSPS) is 11.5. The number of nitrogens with zero attached hydrogens (tertiary/aromatic N) is 1. The average molecular weight is 507 g/mol. The molecule has 1 atom stereocenters.